The van der Waals surface area contributed by atoms with E-state index in [0.717, 1.165) is 11.3 Å². The number of carbonyl (C=O) groups is 1. The van der Waals surface area contributed by atoms with Crippen molar-refractivity contribution in [2.24, 2.45) is 0 Å². The Morgan fingerprint density at radius 1 is 1.00 bits per heavy atom. The third-order valence-corrected chi connectivity index (χ3v) is 3.99. The number of methoxy groups -OCH3 is 1. The Kier molecular flexibility index (Phi) is 6.41. The number of hydrogen-bond donors (Lipinski definition) is 1. The number of nitrogens with zero attached hydrogens (tertiary/aromatic N) is 2. The smallest absolute Gasteiger partial charge is 0.271 e. The molecule has 0 bridgehead atoms. The van der Waals surface area contributed by atoms with E-state index in [2.05, 4.69) is 10.4 Å². The zero-order chi connectivity index (χ0) is 19.8. The van der Waals surface area contributed by atoms with Gasteiger partial charge in [0.15, 0.2) is 0 Å². The number of aromatic nitrogens is 2. The summed E-state index contributed by atoms with van der Waals surface area (Å²) in [4.78, 5) is 24.3. The van der Waals surface area contributed by atoms with Gasteiger partial charge in [-0.05, 0) is 35.9 Å². The van der Waals surface area contributed by atoms with Crippen LogP contribution in [0.3, 0.4) is 0 Å². The monoisotopic (exact) mass is 379 g/mol. The summed E-state index contributed by atoms with van der Waals surface area (Å²) in [5.74, 6) is 1.07. The summed E-state index contributed by atoms with van der Waals surface area (Å²) in [6.07, 6.45) is 0. The number of benzene rings is 2. The summed E-state index contributed by atoms with van der Waals surface area (Å²) >= 11 is 0. The number of hydrogen-bond acceptors (Lipinski definition) is 5. The van der Waals surface area contributed by atoms with Gasteiger partial charge in [-0.25, -0.2) is 4.68 Å². The van der Waals surface area contributed by atoms with Gasteiger partial charge in [-0.3, -0.25) is 9.59 Å². The van der Waals surface area contributed by atoms with Crippen LogP contribution in [0.25, 0.3) is 0 Å². The van der Waals surface area contributed by atoms with Crippen molar-refractivity contribution in [3.63, 3.8) is 0 Å². The second-order valence-electron chi connectivity index (χ2n) is 5.98. The molecule has 0 saturated heterocycles. The summed E-state index contributed by atoms with van der Waals surface area (Å²) in [5, 5.41) is 6.90. The summed E-state index contributed by atoms with van der Waals surface area (Å²) in [6, 6.07) is 19.4. The molecule has 144 valence electrons. The molecule has 1 heterocycles. The van der Waals surface area contributed by atoms with Crippen molar-refractivity contribution in [1.29, 1.82) is 0 Å². The average Bonchev–Trinajstić information content (AvgIpc) is 2.74. The Balaban J connectivity index is 1.53. The normalized spacial score (nSPS) is 10.3. The van der Waals surface area contributed by atoms with E-state index < -0.39 is 0 Å². The fraction of sp³-hybridized carbons (Fsp3) is 0.190. The molecule has 0 aliphatic carbocycles. The molecule has 0 fully saturated rings. The molecule has 7 heteroatoms. The maximum absolute atomic E-state index is 12.3. The maximum atomic E-state index is 12.3. The fourth-order valence-electron chi connectivity index (χ4n) is 2.54. The summed E-state index contributed by atoms with van der Waals surface area (Å²) in [7, 11) is 1.60. The van der Waals surface area contributed by atoms with Gasteiger partial charge < -0.3 is 14.8 Å². The lowest BCUT2D eigenvalue weighted by Crippen LogP contribution is -2.32. The Morgan fingerprint density at radius 2 is 1.71 bits per heavy atom. The molecule has 28 heavy (non-hydrogen) atoms. The summed E-state index contributed by atoms with van der Waals surface area (Å²) in [5.41, 5.74) is 0.853. The van der Waals surface area contributed by atoms with Crippen molar-refractivity contribution >= 4 is 5.91 Å². The standard InChI is InChI=1S/C21H21N3O4/c1-27-17-7-9-18(10-8-17)28-14-13-22-21(26)19-11-12-20(25)24(23-19)15-16-5-3-2-4-6-16/h2-12H,13-15H2,1H3,(H,22,26). The molecule has 0 saturated carbocycles. The van der Waals surface area contributed by atoms with Crippen molar-refractivity contribution in [2.75, 3.05) is 20.3 Å². The van der Waals surface area contributed by atoms with Crippen LogP contribution in [0.2, 0.25) is 0 Å². The van der Waals surface area contributed by atoms with E-state index in [1.165, 1.54) is 16.8 Å². The van der Waals surface area contributed by atoms with E-state index >= 15 is 0 Å². The van der Waals surface area contributed by atoms with Gasteiger partial charge in [-0.1, -0.05) is 30.3 Å². The molecule has 3 rings (SSSR count). The molecule has 0 aliphatic heterocycles. The van der Waals surface area contributed by atoms with Gasteiger partial charge in [0.1, 0.15) is 23.8 Å². The van der Waals surface area contributed by atoms with Gasteiger partial charge in [-0.2, -0.15) is 5.10 Å². The molecule has 0 radical (unpaired) electrons. The Labute approximate surface area is 162 Å². The van der Waals surface area contributed by atoms with Crippen molar-refractivity contribution in [3.05, 3.63) is 88.3 Å². The molecule has 0 aliphatic rings. The molecule has 1 N–H and O–H groups in total. The van der Waals surface area contributed by atoms with E-state index in [1.54, 1.807) is 31.4 Å². The Bertz CT molecular complexity index is 969. The quantitative estimate of drug-likeness (QED) is 0.606. The number of carbonyl (C=O) groups excluding carboxylic acids is 1. The highest BCUT2D eigenvalue weighted by molar-refractivity contribution is 5.91. The minimum absolute atomic E-state index is 0.181. The van der Waals surface area contributed by atoms with Crippen LogP contribution in [0.5, 0.6) is 11.5 Å². The molecule has 7 nitrogen and oxygen atoms in total. The zero-order valence-corrected chi connectivity index (χ0v) is 15.5. The number of ether oxygens (including phenoxy) is 2. The van der Waals surface area contributed by atoms with Crippen LogP contribution in [0, 0.1) is 0 Å². The molecule has 0 spiro atoms. The van der Waals surface area contributed by atoms with E-state index in [9.17, 15) is 9.59 Å². The van der Waals surface area contributed by atoms with Gasteiger partial charge in [0.2, 0.25) is 0 Å². The number of amides is 1. The zero-order valence-electron chi connectivity index (χ0n) is 15.5. The van der Waals surface area contributed by atoms with Crippen molar-refractivity contribution < 1.29 is 14.3 Å². The van der Waals surface area contributed by atoms with Crippen LogP contribution in [-0.4, -0.2) is 35.9 Å². The first-order valence-electron chi connectivity index (χ1n) is 8.83. The largest absolute Gasteiger partial charge is 0.497 e. The third kappa shape index (κ3) is 5.20. The second kappa shape index (κ2) is 9.36. The second-order valence-corrected chi connectivity index (χ2v) is 5.98. The average molecular weight is 379 g/mol. The first kappa shape index (κ1) is 19.2. The molecule has 0 unspecified atom stereocenters. The highest BCUT2D eigenvalue weighted by Crippen LogP contribution is 2.16. The predicted octanol–water partition coefficient (Wildman–Crippen LogP) is 2.11. The number of rotatable bonds is 8. The Morgan fingerprint density at radius 3 is 2.43 bits per heavy atom. The third-order valence-electron chi connectivity index (χ3n) is 3.99. The van der Waals surface area contributed by atoms with Gasteiger partial charge in [0.25, 0.3) is 11.5 Å². The molecule has 0 atom stereocenters. The first-order chi connectivity index (χ1) is 13.7. The lowest BCUT2D eigenvalue weighted by molar-refractivity contribution is 0.0939. The van der Waals surface area contributed by atoms with Crippen molar-refractivity contribution in [1.82, 2.24) is 15.1 Å². The Hall–Kier alpha value is -3.61. The lowest BCUT2D eigenvalue weighted by atomic mass is 10.2. The molecular weight excluding hydrogens is 358 g/mol. The summed E-state index contributed by atoms with van der Waals surface area (Å²) in [6.45, 7) is 0.924. The van der Waals surface area contributed by atoms with Crippen molar-refractivity contribution in [3.8, 4) is 11.5 Å². The molecule has 1 aromatic heterocycles. The van der Waals surface area contributed by atoms with Crippen LogP contribution >= 0.6 is 0 Å². The molecular formula is C21H21N3O4. The van der Waals surface area contributed by atoms with E-state index in [4.69, 9.17) is 9.47 Å². The highest BCUT2D eigenvalue weighted by atomic mass is 16.5. The van der Waals surface area contributed by atoms with Gasteiger partial charge in [0, 0.05) is 6.07 Å². The number of nitrogens with one attached hydrogen (secondary N) is 1. The van der Waals surface area contributed by atoms with Crippen LogP contribution in [-0.2, 0) is 6.54 Å². The first-order valence-corrected chi connectivity index (χ1v) is 8.83. The maximum Gasteiger partial charge on any atom is 0.271 e. The van der Waals surface area contributed by atoms with Crippen LogP contribution in [0.1, 0.15) is 16.1 Å². The highest BCUT2D eigenvalue weighted by Gasteiger charge is 2.09. The topological polar surface area (TPSA) is 82.5 Å². The van der Waals surface area contributed by atoms with E-state index in [1.807, 2.05) is 30.3 Å². The van der Waals surface area contributed by atoms with Gasteiger partial charge >= 0.3 is 0 Å². The minimum Gasteiger partial charge on any atom is -0.497 e. The van der Waals surface area contributed by atoms with Crippen LogP contribution in [0.15, 0.2) is 71.5 Å². The summed E-state index contributed by atoms with van der Waals surface area (Å²) < 4.78 is 11.9. The molecule has 2 aromatic carbocycles. The van der Waals surface area contributed by atoms with E-state index in [-0.39, 0.29) is 17.2 Å². The van der Waals surface area contributed by atoms with Crippen molar-refractivity contribution in [2.45, 2.75) is 6.54 Å². The minimum atomic E-state index is -0.361. The molecule has 1 amide bonds. The molecule has 3 aromatic rings. The van der Waals surface area contributed by atoms with Gasteiger partial charge in [-0.15, -0.1) is 0 Å². The predicted molar refractivity (Wildman–Crippen MR) is 105 cm³/mol. The fourth-order valence-corrected chi connectivity index (χ4v) is 2.54. The SMILES string of the molecule is COc1ccc(OCCNC(=O)c2ccc(=O)n(Cc3ccccc3)n2)cc1. The van der Waals surface area contributed by atoms with Crippen LogP contribution < -0.4 is 20.3 Å². The lowest BCUT2D eigenvalue weighted by Gasteiger charge is -2.09. The van der Waals surface area contributed by atoms with Crippen LogP contribution in [0.4, 0.5) is 0 Å². The van der Waals surface area contributed by atoms with Gasteiger partial charge in [0.05, 0.1) is 20.2 Å². The van der Waals surface area contributed by atoms with E-state index in [0.29, 0.717) is 25.4 Å².